The van der Waals surface area contributed by atoms with Crippen LogP contribution in [0.25, 0.3) is 27.8 Å². The molecular formula is C18H14F3N5O. The molecule has 27 heavy (non-hydrogen) atoms. The minimum Gasteiger partial charge on any atom is -0.333 e. The molecule has 6 nitrogen and oxygen atoms in total. The van der Waals surface area contributed by atoms with Crippen LogP contribution in [0.4, 0.5) is 13.2 Å². The molecule has 0 atom stereocenters. The van der Waals surface area contributed by atoms with Crippen molar-refractivity contribution in [1.29, 1.82) is 0 Å². The molecule has 0 aliphatic heterocycles. The van der Waals surface area contributed by atoms with Crippen LogP contribution < -0.4 is 5.56 Å². The van der Waals surface area contributed by atoms with E-state index in [1.807, 2.05) is 6.92 Å². The average Bonchev–Trinajstić information content (AvgIpc) is 3.03. The maximum atomic E-state index is 13.2. The Morgan fingerprint density at radius 3 is 2.63 bits per heavy atom. The van der Waals surface area contributed by atoms with Crippen LogP contribution in [-0.4, -0.2) is 24.1 Å². The van der Waals surface area contributed by atoms with E-state index >= 15 is 0 Å². The van der Waals surface area contributed by atoms with Crippen molar-refractivity contribution in [2.24, 2.45) is 7.05 Å². The zero-order chi connectivity index (χ0) is 19.3. The van der Waals surface area contributed by atoms with Crippen molar-refractivity contribution in [3.63, 3.8) is 0 Å². The molecule has 0 aromatic carbocycles. The zero-order valence-electron chi connectivity index (χ0n) is 14.4. The topological polar surface area (TPSA) is 65.6 Å². The molecule has 0 saturated heterocycles. The Morgan fingerprint density at radius 1 is 1.15 bits per heavy atom. The number of imidazole rings is 1. The van der Waals surface area contributed by atoms with Crippen LogP contribution in [0.5, 0.6) is 0 Å². The highest BCUT2D eigenvalue weighted by atomic mass is 19.4. The predicted molar refractivity (Wildman–Crippen MR) is 93.8 cm³/mol. The van der Waals surface area contributed by atoms with Gasteiger partial charge in [0.05, 0.1) is 23.2 Å². The third-order valence-corrected chi connectivity index (χ3v) is 4.42. The van der Waals surface area contributed by atoms with Gasteiger partial charge in [-0.3, -0.25) is 14.3 Å². The molecule has 0 saturated carbocycles. The highest BCUT2D eigenvalue weighted by Gasteiger charge is 2.33. The van der Waals surface area contributed by atoms with Gasteiger partial charge in [-0.2, -0.15) is 13.2 Å². The Morgan fingerprint density at radius 2 is 1.93 bits per heavy atom. The Balaban J connectivity index is 2.24. The second kappa shape index (κ2) is 5.90. The molecule has 0 aliphatic carbocycles. The maximum Gasteiger partial charge on any atom is 0.433 e. The van der Waals surface area contributed by atoms with Crippen LogP contribution in [0.15, 0.2) is 41.6 Å². The van der Waals surface area contributed by atoms with Gasteiger partial charge in [-0.05, 0) is 30.7 Å². The first-order valence-electron chi connectivity index (χ1n) is 8.21. The second-order valence-electron chi connectivity index (χ2n) is 6.08. The lowest BCUT2D eigenvalue weighted by molar-refractivity contribution is -0.141. The van der Waals surface area contributed by atoms with Crippen LogP contribution in [0.3, 0.4) is 0 Å². The molecule has 0 aliphatic rings. The average molecular weight is 373 g/mol. The standard InChI is InChI=1S/C18H14F3N5O/c1-3-11-12(5-4-8-22-11)26-16-10(6-7-13(24-16)18(19,20)21)15-14(17(26)27)23-9-25(15)2/h4-9H,3H2,1-2H3. The quantitative estimate of drug-likeness (QED) is 0.541. The molecule has 0 amide bonds. The van der Waals surface area contributed by atoms with E-state index < -0.39 is 17.4 Å². The summed E-state index contributed by atoms with van der Waals surface area (Å²) in [5.74, 6) is 0. The Bertz CT molecular complexity index is 1240. The van der Waals surface area contributed by atoms with Gasteiger partial charge in [-0.1, -0.05) is 6.92 Å². The molecule has 0 bridgehead atoms. The van der Waals surface area contributed by atoms with Crippen LogP contribution in [0.2, 0.25) is 0 Å². The number of rotatable bonds is 2. The fourth-order valence-electron chi connectivity index (χ4n) is 3.20. The zero-order valence-corrected chi connectivity index (χ0v) is 14.4. The largest absolute Gasteiger partial charge is 0.433 e. The third kappa shape index (κ3) is 2.57. The van der Waals surface area contributed by atoms with E-state index in [2.05, 4.69) is 15.0 Å². The first-order valence-corrected chi connectivity index (χ1v) is 8.21. The molecule has 4 rings (SSSR count). The van der Waals surface area contributed by atoms with Gasteiger partial charge < -0.3 is 4.57 Å². The van der Waals surface area contributed by atoms with Crippen molar-refractivity contribution in [2.45, 2.75) is 19.5 Å². The molecule has 138 valence electrons. The molecule has 0 radical (unpaired) electrons. The Kier molecular flexibility index (Phi) is 3.76. The maximum absolute atomic E-state index is 13.2. The van der Waals surface area contributed by atoms with Gasteiger partial charge in [-0.15, -0.1) is 0 Å². The summed E-state index contributed by atoms with van der Waals surface area (Å²) < 4.78 is 42.5. The number of alkyl halides is 3. The minimum absolute atomic E-state index is 0.0753. The van der Waals surface area contributed by atoms with E-state index in [1.165, 1.54) is 17.0 Å². The minimum atomic E-state index is -4.63. The van der Waals surface area contributed by atoms with Crippen LogP contribution in [0.1, 0.15) is 18.3 Å². The van der Waals surface area contributed by atoms with Crippen LogP contribution in [-0.2, 0) is 19.6 Å². The second-order valence-corrected chi connectivity index (χ2v) is 6.08. The summed E-state index contributed by atoms with van der Waals surface area (Å²) in [7, 11) is 1.68. The molecule has 0 unspecified atom stereocenters. The van der Waals surface area contributed by atoms with Crippen LogP contribution in [0, 0.1) is 0 Å². The molecule has 4 aromatic heterocycles. The van der Waals surface area contributed by atoms with Gasteiger partial charge in [-0.25, -0.2) is 9.97 Å². The number of halogens is 3. The number of fused-ring (bicyclic) bond motifs is 3. The summed E-state index contributed by atoms with van der Waals surface area (Å²) in [6.07, 6.45) is -1.09. The number of hydrogen-bond donors (Lipinski definition) is 0. The van der Waals surface area contributed by atoms with Crippen molar-refractivity contribution in [3.8, 4) is 5.69 Å². The summed E-state index contributed by atoms with van der Waals surface area (Å²) in [5.41, 5.74) is -0.0931. The predicted octanol–water partition coefficient (Wildman–Crippen LogP) is 3.25. The molecule has 0 spiro atoms. The molecule has 4 aromatic rings. The lowest BCUT2D eigenvalue weighted by Crippen LogP contribution is -2.23. The SMILES string of the molecule is CCc1ncccc1-n1c(=O)c2ncn(C)c2c2ccc(C(F)(F)F)nc21. The normalized spacial score (nSPS) is 12.2. The number of nitrogens with zero attached hydrogens (tertiary/aromatic N) is 5. The summed E-state index contributed by atoms with van der Waals surface area (Å²) in [4.78, 5) is 25.3. The smallest absolute Gasteiger partial charge is 0.333 e. The lowest BCUT2D eigenvalue weighted by Gasteiger charge is -2.15. The Hall–Kier alpha value is -3.23. The first kappa shape index (κ1) is 17.2. The number of pyridine rings is 3. The van der Waals surface area contributed by atoms with Gasteiger partial charge in [0.1, 0.15) is 11.3 Å². The molecule has 9 heteroatoms. The van der Waals surface area contributed by atoms with Gasteiger partial charge in [0.2, 0.25) is 0 Å². The highest BCUT2D eigenvalue weighted by molar-refractivity contribution is 6.01. The fourth-order valence-corrected chi connectivity index (χ4v) is 3.20. The van der Waals surface area contributed by atoms with Crippen molar-refractivity contribution in [2.75, 3.05) is 0 Å². The Labute approximate surface area is 150 Å². The van der Waals surface area contributed by atoms with Crippen molar-refractivity contribution in [3.05, 3.63) is 58.5 Å². The summed E-state index contributed by atoms with van der Waals surface area (Å²) in [5, 5.41) is 0.406. The number of aryl methyl sites for hydroxylation is 2. The van der Waals surface area contributed by atoms with Crippen LogP contribution >= 0.6 is 0 Å². The lowest BCUT2D eigenvalue weighted by atomic mass is 10.2. The van der Waals surface area contributed by atoms with Gasteiger partial charge in [0.15, 0.2) is 5.52 Å². The van der Waals surface area contributed by atoms with Crippen molar-refractivity contribution < 1.29 is 13.2 Å². The van der Waals surface area contributed by atoms with Gasteiger partial charge in [0.25, 0.3) is 5.56 Å². The summed E-state index contributed by atoms with van der Waals surface area (Å²) in [6.45, 7) is 1.85. The van der Waals surface area contributed by atoms with Crippen molar-refractivity contribution >= 4 is 22.1 Å². The number of aromatic nitrogens is 5. The molecule has 4 heterocycles. The van der Waals surface area contributed by atoms with E-state index in [0.29, 0.717) is 28.7 Å². The van der Waals surface area contributed by atoms with E-state index in [4.69, 9.17) is 0 Å². The molecule has 0 N–H and O–H groups in total. The first-order chi connectivity index (χ1) is 12.8. The van der Waals surface area contributed by atoms with E-state index in [0.717, 1.165) is 6.07 Å². The molecular weight excluding hydrogens is 359 g/mol. The molecule has 0 fully saturated rings. The van der Waals surface area contributed by atoms with E-state index in [-0.39, 0.29) is 11.2 Å². The van der Waals surface area contributed by atoms with E-state index in [9.17, 15) is 18.0 Å². The fraction of sp³-hybridized carbons (Fsp3) is 0.222. The van der Waals surface area contributed by atoms with Gasteiger partial charge >= 0.3 is 6.18 Å². The van der Waals surface area contributed by atoms with Crippen molar-refractivity contribution in [1.82, 2.24) is 24.1 Å². The summed E-state index contributed by atoms with van der Waals surface area (Å²) >= 11 is 0. The van der Waals surface area contributed by atoms with E-state index in [1.54, 1.807) is 29.9 Å². The summed E-state index contributed by atoms with van der Waals surface area (Å²) in [6, 6.07) is 5.51. The highest BCUT2D eigenvalue weighted by Crippen LogP contribution is 2.31. The van der Waals surface area contributed by atoms with Gasteiger partial charge in [0, 0.05) is 18.6 Å². The monoisotopic (exact) mass is 373 g/mol. The number of hydrogen-bond acceptors (Lipinski definition) is 4. The third-order valence-electron chi connectivity index (χ3n) is 4.42.